The van der Waals surface area contributed by atoms with Crippen LogP contribution in [0.5, 0.6) is 0 Å². The van der Waals surface area contributed by atoms with E-state index in [1.165, 1.54) is 0 Å². The minimum atomic E-state index is -1.03. The lowest BCUT2D eigenvalue weighted by Gasteiger charge is -2.28. The molecule has 192 valence electrons. The number of aromatic amines is 1. The molecule has 0 saturated heterocycles. The molecule has 0 bridgehead atoms. The van der Waals surface area contributed by atoms with Gasteiger partial charge in [-0.25, -0.2) is 0 Å². The van der Waals surface area contributed by atoms with Gasteiger partial charge in [0, 0.05) is 41.5 Å². The van der Waals surface area contributed by atoms with E-state index >= 15 is 0 Å². The highest BCUT2D eigenvalue weighted by atomic mass is 16.2. The number of hydrogen-bond donors (Lipinski definition) is 5. The van der Waals surface area contributed by atoms with Crippen molar-refractivity contribution in [3.05, 3.63) is 66.4 Å². The zero-order chi connectivity index (χ0) is 26.2. The predicted octanol–water partition coefficient (Wildman–Crippen LogP) is 3.12. The number of nitrogens with one attached hydrogen (secondary N) is 5. The average molecular weight is 502 g/mol. The summed E-state index contributed by atoms with van der Waals surface area (Å²) in [6.45, 7) is 0. The van der Waals surface area contributed by atoms with Crippen LogP contribution < -0.4 is 16.0 Å². The summed E-state index contributed by atoms with van der Waals surface area (Å²) in [6, 6.07) is 14.6. The highest BCUT2D eigenvalue weighted by Gasteiger charge is 2.32. The van der Waals surface area contributed by atoms with Crippen LogP contribution in [0, 0.1) is 11.3 Å². The number of aromatic nitrogens is 1. The van der Waals surface area contributed by atoms with E-state index in [1.807, 2.05) is 36.5 Å². The molecule has 0 spiro atoms. The second-order valence-electron chi connectivity index (χ2n) is 9.32. The molecule has 3 aromatic rings. The molecule has 1 aromatic heterocycles. The van der Waals surface area contributed by atoms with Crippen LogP contribution in [0.2, 0.25) is 0 Å². The summed E-state index contributed by atoms with van der Waals surface area (Å²) in [4.78, 5) is 54.3. The summed E-state index contributed by atoms with van der Waals surface area (Å²) < 4.78 is 0. The summed E-state index contributed by atoms with van der Waals surface area (Å²) >= 11 is 0. The number of carbonyl (C=O) groups excluding carboxylic acids is 4. The minimum Gasteiger partial charge on any atom is -0.361 e. The molecule has 2 aromatic carbocycles. The van der Waals surface area contributed by atoms with Gasteiger partial charge in [-0.15, -0.1) is 0 Å². The predicted molar refractivity (Wildman–Crippen MR) is 141 cm³/mol. The normalized spacial score (nSPS) is 14.7. The monoisotopic (exact) mass is 501 g/mol. The van der Waals surface area contributed by atoms with Gasteiger partial charge in [0.15, 0.2) is 5.78 Å². The minimum absolute atomic E-state index is 0.0228. The number of H-pyrrole nitrogens is 1. The van der Waals surface area contributed by atoms with Crippen LogP contribution in [-0.4, -0.2) is 46.8 Å². The number of carbonyl (C=O) groups is 4. The number of amides is 3. The Kier molecular flexibility index (Phi) is 8.45. The number of ketones is 1. The van der Waals surface area contributed by atoms with Crippen molar-refractivity contribution in [2.45, 2.75) is 50.6 Å². The molecule has 9 heteroatoms. The Hall–Kier alpha value is -4.27. The second kappa shape index (κ2) is 12.1. The van der Waals surface area contributed by atoms with Crippen molar-refractivity contribution in [1.29, 1.82) is 5.41 Å². The van der Waals surface area contributed by atoms with Gasteiger partial charge in [0.1, 0.15) is 12.1 Å². The van der Waals surface area contributed by atoms with Gasteiger partial charge in [0.05, 0.1) is 6.21 Å². The van der Waals surface area contributed by atoms with Gasteiger partial charge in [-0.1, -0.05) is 42.8 Å². The quantitative estimate of drug-likeness (QED) is 0.243. The molecule has 9 nitrogen and oxygen atoms in total. The first-order chi connectivity index (χ1) is 17.9. The van der Waals surface area contributed by atoms with E-state index in [0.29, 0.717) is 11.9 Å². The van der Waals surface area contributed by atoms with Gasteiger partial charge in [-0.2, -0.15) is 0 Å². The van der Waals surface area contributed by atoms with Crippen molar-refractivity contribution < 1.29 is 19.2 Å². The summed E-state index contributed by atoms with van der Waals surface area (Å²) in [6.07, 6.45) is 5.28. The summed E-state index contributed by atoms with van der Waals surface area (Å²) in [7, 11) is 0. The highest BCUT2D eigenvalue weighted by molar-refractivity contribution is 6.26. The van der Waals surface area contributed by atoms with Gasteiger partial charge < -0.3 is 26.3 Å². The molecule has 0 radical (unpaired) electrons. The van der Waals surface area contributed by atoms with Gasteiger partial charge in [0.25, 0.3) is 0 Å². The Bertz CT molecular complexity index is 1280. The number of Topliss-reactive ketones (excluding diaryl/α,β-unsaturated/α-hetero) is 1. The molecular formula is C28H31N5O4. The maximum atomic E-state index is 13.5. The van der Waals surface area contributed by atoms with E-state index in [-0.39, 0.29) is 31.1 Å². The summed E-state index contributed by atoms with van der Waals surface area (Å²) in [5.41, 5.74) is 2.35. The number of rotatable bonds is 12. The molecule has 37 heavy (non-hydrogen) atoms. The SMILES string of the molecule is N=CC(=O)CC[C@H](NC(=O)[C@H](Cc1c[nH]c2ccccc12)NC(=O)C1CCC1)C(=O)Nc1ccccc1. The lowest BCUT2D eigenvalue weighted by atomic mass is 9.84. The van der Waals surface area contributed by atoms with E-state index in [2.05, 4.69) is 20.9 Å². The number of para-hydroxylation sites is 2. The fourth-order valence-electron chi connectivity index (χ4n) is 4.34. The third-order valence-corrected chi connectivity index (χ3v) is 6.72. The van der Waals surface area contributed by atoms with Crippen molar-refractivity contribution in [2.75, 3.05) is 5.32 Å². The summed E-state index contributed by atoms with van der Waals surface area (Å²) in [5.74, 6) is -1.71. The van der Waals surface area contributed by atoms with E-state index in [4.69, 9.17) is 5.41 Å². The fourth-order valence-corrected chi connectivity index (χ4v) is 4.34. The van der Waals surface area contributed by atoms with Gasteiger partial charge >= 0.3 is 0 Å². The molecule has 1 heterocycles. The zero-order valence-electron chi connectivity index (χ0n) is 20.5. The van der Waals surface area contributed by atoms with E-state index in [0.717, 1.165) is 35.7 Å². The number of anilines is 1. The lowest BCUT2D eigenvalue weighted by Crippen LogP contribution is -2.54. The molecule has 5 N–H and O–H groups in total. The number of hydrogen-bond acceptors (Lipinski definition) is 5. The topological polar surface area (TPSA) is 144 Å². The lowest BCUT2D eigenvalue weighted by molar-refractivity contribution is -0.133. The third kappa shape index (κ3) is 6.69. The Labute approximate surface area is 214 Å². The average Bonchev–Trinajstić information content (AvgIpc) is 3.28. The van der Waals surface area contributed by atoms with Crippen molar-refractivity contribution in [1.82, 2.24) is 15.6 Å². The van der Waals surface area contributed by atoms with Crippen LogP contribution in [0.1, 0.15) is 37.7 Å². The van der Waals surface area contributed by atoms with Gasteiger partial charge in [-0.05, 0) is 43.0 Å². The molecule has 2 atom stereocenters. The van der Waals surface area contributed by atoms with Crippen LogP contribution >= 0.6 is 0 Å². The van der Waals surface area contributed by atoms with E-state index in [9.17, 15) is 19.2 Å². The Morgan fingerprint density at radius 2 is 1.68 bits per heavy atom. The molecule has 1 fully saturated rings. The largest absolute Gasteiger partial charge is 0.361 e. The first-order valence-corrected chi connectivity index (χ1v) is 12.5. The zero-order valence-corrected chi connectivity index (χ0v) is 20.5. The maximum Gasteiger partial charge on any atom is 0.246 e. The fraction of sp³-hybridized carbons (Fsp3) is 0.321. The third-order valence-electron chi connectivity index (χ3n) is 6.72. The van der Waals surface area contributed by atoms with Crippen molar-refractivity contribution >= 4 is 46.3 Å². The molecule has 1 saturated carbocycles. The van der Waals surface area contributed by atoms with Crippen molar-refractivity contribution in [2.24, 2.45) is 5.92 Å². The summed E-state index contributed by atoms with van der Waals surface area (Å²) in [5, 5.41) is 16.5. The maximum absolute atomic E-state index is 13.5. The number of benzene rings is 2. The molecule has 3 amide bonds. The Morgan fingerprint density at radius 1 is 0.946 bits per heavy atom. The first-order valence-electron chi connectivity index (χ1n) is 12.5. The van der Waals surface area contributed by atoms with Crippen LogP contribution in [0.4, 0.5) is 5.69 Å². The van der Waals surface area contributed by atoms with Crippen LogP contribution in [0.3, 0.4) is 0 Å². The molecule has 4 rings (SSSR count). The van der Waals surface area contributed by atoms with Crippen LogP contribution in [-0.2, 0) is 25.6 Å². The highest BCUT2D eigenvalue weighted by Crippen LogP contribution is 2.27. The Morgan fingerprint density at radius 3 is 2.38 bits per heavy atom. The smallest absolute Gasteiger partial charge is 0.246 e. The second-order valence-corrected chi connectivity index (χ2v) is 9.32. The molecule has 0 aliphatic heterocycles. The van der Waals surface area contributed by atoms with Crippen molar-refractivity contribution in [3.8, 4) is 0 Å². The number of fused-ring (bicyclic) bond motifs is 1. The molecule has 1 aliphatic rings. The standard InChI is InChI=1S/C28H31N5O4/c29-16-21(34)13-14-24(27(36)31-20-9-2-1-3-10-20)32-28(37)25(33-26(35)18-7-6-8-18)15-19-17-30-23-12-5-4-11-22(19)23/h1-5,9-12,16-18,24-25,29-30H,6-8,13-15H2,(H,31,36)(H,32,37)(H,33,35)/t24-,25-/m0/s1. The van der Waals surface area contributed by atoms with Gasteiger partial charge in [0.2, 0.25) is 17.7 Å². The Balaban J connectivity index is 1.53. The van der Waals surface area contributed by atoms with Gasteiger partial charge in [-0.3, -0.25) is 19.2 Å². The van der Waals surface area contributed by atoms with E-state index in [1.54, 1.807) is 24.3 Å². The molecule has 0 unspecified atom stereocenters. The van der Waals surface area contributed by atoms with E-state index < -0.39 is 29.7 Å². The van der Waals surface area contributed by atoms with Crippen LogP contribution in [0.15, 0.2) is 60.8 Å². The van der Waals surface area contributed by atoms with Crippen molar-refractivity contribution in [3.63, 3.8) is 0 Å². The molecule has 1 aliphatic carbocycles. The molecular weight excluding hydrogens is 470 g/mol. The van der Waals surface area contributed by atoms with Crippen LogP contribution in [0.25, 0.3) is 10.9 Å². The first kappa shape index (κ1) is 25.8.